The summed E-state index contributed by atoms with van der Waals surface area (Å²) < 4.78 is 43.9. The predicted octanol–water partition coefficient (Wildman–Crippen LogP) is 3.08. The first-order chi connectivity index (χ1) is 16.9. The van der Waals surface area contributed by atoms with Crippen LogP contribution in [0.1, 0.15) is 31.2 Å². The third kappa shape index (κ3) is 11.1. The molecule has 2 aromatic rings. The van der Waals surface area contributed by atoms with Gasteiger partial charge in [-0.15, -0.1) is 0 Å². The smallest absolute Gasteiger partial charge is 0.289 e. The summed E-state index contributed by atoms with van der Waals surface area (Å²) in [6.07, 6.45) is 4.05. The lowest BCUT2D eigenvalue weighted by molar-refractivity contribution is -0.387. The zero-order valence-electron chi connectivity index (χ0n) is 19.8. The number of hydrogen-bond donors (Lipinski definition) is 2. The zero-order valence-corrected chi connectivity index (χ0v) is 20.6. The van der Waals surface area contributed by atoms with Gasteiger partial charge < -0.3 is 19.3 Å². The van der Waals surface area contributed by atoms with Gasteiger partial charge in [-0.25, -0.2) is 13.1 Å². The average molecular weight is 511 g/mol. The van der Waals surface area contributed by atoms with E-state index in [2.05, 4.69) is 4.72 Å². The van der Waals surface area contributed by atoms with Gasteiger partial charge in [0, 0.05) is 32.4 Å². The number of ether oxygens (including phenoxy) is 3. The molecule has 10 nitrogen and oxygen atoms in total. The van der Waals surface area contributed by atoms with Crippen LogP contribution in [-0.4, -0.2) is 64.6 Å². The van der Waals surface area contributed by atoms with Gasteiger partial charge in [0.05, 0.1) is 24.7 Å². The summed E-state index contributed by atoms with van der Waals surface area (Å²) in [5.41, 5.74) is 0.440. The molecule has 0 amide bonds. The second-order valence-electron chi connectivity index (χ2n) is 7.73. The van der Waals surface area contributed by atoms with Crippen molar-refractivity contribution in [1.29, 1.82) is 0 Å². The van der Waals surface area contributed by atoms with Crippen LogP contribution in [0.3, 0.4) is 0 Å². The third-order valence-corrected chi connectivity index (χ3v) is 6.48. The van der Waals surface area contributed by atoms with E-state index in [1.165, 1.54) is 24.3 Å². The molecule has 0 fully saturated rings. The van der Waals surface area contributed by atoms with Crippen LogP contribution in [0.15, 0.2) is 53.4 Å². The van der Waals surface area contributed by atoms with Gasteiger partial charge >= 0.3 is 0 Å². The molecule has 0 unspecified atom stereocenters. The molecule has 0 aliphatic rings. The summed E-state index contributed by atoms with van der Waals surface area (Å²) in [5.74, 6) is 0.711. The van der Waals surface area contributed by atoms with Crippen molar-refractivity contribution in [1.82, 2.24) is 4.72 Å². The first-order valence-corrected chi connectivity index (χ1v) is 13.1. The maximum atomic E-state index is 12.5. The van der Waals surface area contributed by atoms with Crippen LogP contribution < -0.4 is 9.46 Å². The van der Waals surface area contributed by atoms with Gasteiger partial charge in [-0.2, -0.15) is 0 Å². The topological polar surface area (TPSA) is 137 Å². The summed E-state index contributed by atoms with van der Waals surface area (Å²) >= 11 is 0. The number of rotatable bonds is 19. The molecule has 0 bridgehead atoms. The van der Waals surface area contributed by atoms with Crippen LogP contribution in [0.2, 0.25) is 0 Å². The van der Waals surface area contributed by atoms with E-state index in [4.69, 9.17) is 19.3 Å². The van der Waals surface area contributed by atoms with Crippen LogP contribution in [0.5, 0.6) is 5.75 Å². The van der Waals surface area contributed by atoms with E-state index in [-0.39, 0.29) is 18.0 Å². The Labute approximate surface area is 206 Å². The van der Waals surface area contributed by atoms with Gasteiger partial charge in [-0.05, 0) is 55.9 Å². The number of aliphatic hydroxyl groups is 1. The predicted molar refractivity (Wildman–Crippen MR) is 131 cm³/mol. The molecule has 11 heteroatoms. The van der Waals surface area contributed by atoms with Crippen molar-refractivity contribution in [2.75, 3.05) is 46.2 Å². The Morgan fingerprint density at radius 1 is 0.886 bits per heavy atom. The molecule has 0 aliphatic heterocycles. The minimum atomic E-state index is -4.00. The van der Waals surface area contributed by atoms with Crippen molar-refractivity contribution in [3.63, 3.8) is 0 Å². The van der Waals surface area contributed by atoms with E-state index in [0.29, 0.717) is 45.2 Å². The van der Waals surface area contributed by atoms with Crippen LogP contribution in [0, 0.1) is 10.1 Å². The van der Waals surface area contributed by atoms with Crippen LogP contribution in [-0.2, 0) is 25.9 Å². The van der Waals surface area contributed by atoms with Crippen molar-refractivity contribution in [2.24, 2.45) is 0 Å². The van der Waals surface area contributed by atoms with Gasteiger partial charge in [0.15, 0.2) is 4.90 Å². The number of sulfonamides is 1. The monoisotopic (exact) mass is 510 g/mol. The second kappa shape index (κ2) is 16.2. The molecular formula is C24H34N2O8S. The van der Waals surface area contributed by atoms with E-state index >= 15 is 0 Å². The van der Waals surface area contributed by atoms with E-state index in [1.54, 1.807) is 0 Å². The largest absolute Gasteiger partial charge is 0.494 e. The van der Waals surface area contributed by atoms with E-state index < -0.39 is 20.6 Å². The molecule has 0 aromatic heterocycles. The maximum Gasteiger partial charge on any atom is 0.289 e. The highest BCUT2D eigenvalue weighted by molar-refractivity contribution is 7.89. The molecule has 2 aromatic carbocycles. The van der Waals surface area contributed by atoms with Crippen molar-refractivity contribution in [3.05, 3.63) is 64.2 Å². The Balaban J connectivity index is 1.64. The Hall–Kier alpha value is -2.57. The SMILES string of the molecule is O=[N+]([O-])c1ccccc1S(=O)(=O)NCCc1cccc(OCCCCCOCCCOCCO)c1. The Morgan fingerprint density at radius 2 is 1.60 bits per heavy atom. The van der Waals surface area contributed by atoms with Crippen molar-refractivity contribution >= 4 is 15.7 Å². The van der Waals surface area contributed by atoms with Crippen LogP contribution >= 0.6 is 0 Å². The fourth-order valence-corrected chi connectivity index (χ4v) is 4.44. The molecule has 2 rings (SSSR count). The molecule has 0 aliphatic carbocycles. The fourth-order valence-electron chi connectivity index (χ4n) is 3.24. The molecule has 0 saturated heterocycles. The van der Waals surface area contributed by atoms with Crippen molar-refractivity contribution < 1.29 is 32.7 Å². The molecule has 2 N–H and O–H groups in total. The Bertz CT molecular complexity index is 1000. The number of nitrogens with zero attached hydrogens (tertiary/aromatic N) is 1. The van der Waals surface area contributed by atoms with Crippen LogP contribution in [0.25, 0.3) is 0 Å². The first kappa shape index (κ1) is 28.7. The summed E-state index contributed by atoms with van der Waals surface area (Å²) in [6, 6.07) is 12.7. The number of hydrogen-bond acceptors (Lipinski definition) is 8. The quantitative estimate of drug-likeness (QED) is 0.167. The highest BCUT2D eigenvalue weighted by atomic mass is 32.2. The molecule has 0 spiro atoms. The van der Waals surface area contributed by atoms with E-state index in [9.17, 15) is 18.5 Å². The summed E-state index contributed by atoms with van der Waals surface area (Å²) in [5, 5.41) is 19.7. The number of nitro groups is 1. The highest BCUT2D eigenvalue weighted by Crippen LogP contribution is 2.22. The maximum absolute atomic E-state index is 12.5. The minimum absolute atomic E-state index is 0.0397. The second-order valence-corrected chi connectivity index (χ2v) is 9.47. The normalized spacial score (nSPS) is 11.5. The van der Waals surface area contributed by atoms with Crippen molar-refractivity contribution in [2.45, 2.75) is 37.0 Å². The number of unbranched alkanes of at least 4 members (excludes halogenated alkanes) is 2. The van der Waals surface area contributed by atoms with Gasteiger partial charge in [0.2, 0.25) is 10.0 Å². The van der Waals surface area contributed by atoms with Gasteiger partial charge in [-0.1, -0.05) is 24.3 Å². The lowest BCUT2D eigenvalue weighted by Gasteiger charge is -2.10. The highest BCUT2D eigenvalue weighted by Gasteiger charge is 2.24. The first-order valence-electron chi connectivity index (χ1n) is 11.6. The summed E-state index contributed by atoms with van der Waals surface area (Å²) in [7, 11) is -4.00. The summed E-state index contributed by atoms with van der Waals surface area (Å²) in [6.45, 7) is 3.01. The molecule has 0 atom stereocenters. The molecule has 0 heterocycles. The van der Waals surface area contributed by atoms with E-state index in [1.807, 2.05) is 24.3 Å². The van der Waals surface area contributed by atoms with E-state index in [0.717, 1.165) is 31.2 Å². The zero-order chi connectivity index (χ0) is 25.4. The number of para-hydroxylation sites is 1. The fraction of sp³-hybridized carbons (Fsp3) is 0.500. The van der Waals surface area contributed by atoms with Crippen molar-refractivity contribution in [3.8, 4) is 5.75 Å². The van der Waals surface area contributed by atoms with Gasteiger partial charge in [-0.3, -0.25) is 10.1 Å². The third-order valence-electron chi connectivity index (χ3n) is 4.97. The van der Waals surface area contributed by atoms with Gasteiger partial charge in [0.25, 0.3) is 5.69 Å². The standard InChI is InChI=1S/C24H34N2O8S/c27-14-19-33-17-7-16-32-15-4-1-5-18-34-22-9-6-8-21(20-22)12-13-25-35(30,31)24-11-3-2-10-23(24)26(28)29/h2-3,6,8-11,20,25,27H,1,4-5,7,12-19H2. The number of aliphatic hydroxyl groups excluding tert-OH is 1. The number of nitrogens with one attached hydrogen (secondary N) is 1. The molecular weight excluding hydrogens is 476 g/mol. The number of nitro benzene ring substituents is 1. The lowest BCUT2D eigenvalue weighted by Crippen LogP contribution is -2.26. The molecule has 35 heavy (non-hydrogen) atoms. The Morgan fingerprint density at radius 3 is 2.37 bits per heavy atom. The van der Waals surface area contributed by atoms with Crippen LogP contribution in [0.4, 0.5) is 5.69 Å². The molecule has 0 radical (unpaired) electrons. The molecule has 194 valence electrons. The average Bonchev–Trinajstić information content (AvgIpc) is 2.85. The Kier molecular flexibility index (Phi) is 13.2. The minimum Gasteiger partial charge on any atom is -0.494 e. The summed E-state index contributed by atoms with van der Waals surface area (Å²) in [4.78, 5) is 10.1. The molecule has 0 saturated carbocycles. The lowest BCUT2D eigenvalue weighted by atomic mass is 10.1. The number of benzene rings is 2. The van der Waals surface area contributed by atoms with Gasteiger partial charge in [0.1, 0.15) is 5.75 Å².